The van der Waals surface area contributed by atoms with Crippen LogP contribution in [0.3, 0.4) is 0 Å². The zero-order chi connectivity index (χ0) is 13.0. The van der Waals surface area contributed by atoms with Gasteiger partial charge < -0.3 is 0 Å². The molecular formula is C8H6F6N2O. The van der Waals surface area contributed by atoms with Gasteiger partial charge >= 0.3 is 12.1 Å². The van der Waals surface area contributed by atoms with Crippen molar-refractivity contribution in [1.29, 1.82) is 0 Å². The van der Waals surface area contributed by atoms with Crippen molar-refractivity contribution in [2.24, 2.45) is 5.92 Å². The molecule has 0 aromatic heterocycles. The van der Waals surface area contributed by atoms with E-state index in [1.54, 1.807) is 0 Å². The molecule has 2 aliphatic rings. The quantitative estimate of drug-likeness (QED) is 0.410. The topological polar surface area (TPSA) is 23.6 Å². The van der Waals surface area contributed by atoms with Crippen LogP contribution in [-0.4, -0.2) is 28.0 Å². The van der Waals surface area contributed by atoms with Crippen molar-refractivity contribution in [2.45, 2.75) is 24.9 Å². The summed E-state index contributed by atoms with van der Waals surface area (Å²) in [5, 5.41) is -1.98. The molecule has 17 heavy (non-hydrogen) atoms. The third-order valence-corrected chi connectivity index (χ3v) is 2.50. The Kier molecular flexibility index (Phi) is 2.34. The summed E-state index contributed by atoms with van der Waals surface area (Å²) < 4.78 is 77.3. The molecule has 1 heterocycles. The van der Waals surface area contributed by atoms with E-state index in [1.807, 2.05) is 0 Å². The van der Waals surface area contributed by atoms with Crippen molar-refractivity contribution >= 4 is 5.91 Å². The number of carbonyl (C=O) groups is 1. The van der Waals surface area contributed by atoms with E-state index in [1.165, 1.54) is 0 Å². The average Bonchev–Trinajstić information content (AvgIpc) is 3.04. The molecular weight excluding hydrogens is 254 g/mol. The maximum absolute atomic E-state index is 13.2. The summed E-state index contributed by atoms with van der Waals surface area (Å²) in [4.78, 5) is 10.6. The Morgan fingerprint density at radius 3 is 2.24 bits per heavy atom. The lowest BCUT2D eigenvalue weighted by molar-refractivity contribution is -0.370. The zero-order valence-corrected chi connectivity index (χ0v) is 8.14. The van der Waals surface area contributed by atoms with Crippen LogP contribution < -0.4 is 0 Å². The summed E-state index contributed by atoms with van der Waals surface area (Å²) in [5.41, 5.74) is 0. The molecule has 1 fully saturated rings. The van der Waals surface area contributed by atoms with E-state index in [-0.39, 0.29) is 19.0 Å². The van der Waals surface area contributed by atoms with Crippen molar-refractivity contribution in [3.63, 3.8) is 0 Å². The van der Waals surface area contributed by atoms with Crippen molar-refractivity contribution in [1.82, 2.24) is 10.0 Å². The number of hydrogen-bond donors (Lipinski definition) is 0. The molecule has 0 unspecified atom stereocenters. The molecule has 0 atom stereocenters. The van der Waals surface area contributed by atoms with Crippen LogP contribution in [0, 0.1) is 5.92 Å². The van der Waals surface area contributed by atoms with E-state index in [2.05, 4.69) is 0 Å². The van der Waals surface area contributed by atoms with E-state index in [0.717, 1.165) is 0 Å². The molecule has 0 N–H and O–H groups in total. The van der Waals surface area contributed by atoms with E-state index < -0.39 is 39.9 Å². The third kappa shape index (κ3) is 1.55. The minimum atomic E-state index is -5.43. The molecule has 0 aromatic carbocycles. The van der Waals surface area contributed by atoms with Gasteiger partial charge in [-0.1, -0.05) is 4.48 Å². The number of halogens is 6. The normalized spacial score (nSPS) is 26.8. The van der Waals surface area contributed by atoms with Crippen LogP contribution in [-0.2, 0) is 4.79 Å². The summed E-state index contributed by atoms with van der Waals surface area (Å²) >= 11 is 0. The molecule has 1 aliphatic carbocycles. The van der Waals surface area contributed by atoms with Gasteiger partial charge in [-0.2, -0.15) is 22.0 Å². The van der Waals surface area contributed by atoms with Gasteiger partial charge in [0.2, 0.25) is 11.9 Å². The Balaban J connectivity index is 2.41. The second-order valence-corrected chi connectivity index (χ2v) is 3.80. The number of nitrogens with zero attached hydrogens (tertiary/aromatic N) is 2. The number of hydrogen-bond acceptors (Lipinski definition) is 2. The van der Waals surface area contributed by atoms with Crippen LogP contribution in [0.15, 0.2) is 12.2 Å². The second-order valence-electron chi connectivity index (χ2n) is 3.80. The average molecular weight is 260 g/mol. The first-order valence-corrected chi connectivity index (χ1v) is 4.61. The standard InChI is InChI=1S/C8H6F6N2O/c9-5-3-15(6(17)4-1-2-4)7(10,11)8(12,13)16(5)14/h3-4H,1-2H2. The number of alkyl halides is 4. The van der Waals surface area contributed by atoms with Gasteiger partial charge in [0.25, 0.3) is 0 Å². The summed E-state index contributed by atoms with van der Waals surface area (Å²) in [6.45, 7) is 0. The van der Waals surface area contributed by atoms with Crippen LogP contribution in [0.5, 0.6) is 0 Å². The van der Waals surface area contributed by atoms with Gasteiger partial charge in [0.15, 0.2) is 0 Å². The number of rotatable bonds is 1. The Morgan fingerprint density at radius 2 is 1.76 bits per heavy atom. The molecule has 9 heteroatoms. The van der Waals surface area contributed by atoms with Gasteiger partial charge in [0.1, 0.15) is 0 Å². The Labute approximate surface area is 91.2 Å². The fraction of sp³-hybridized carbons (Fsp3) is 0.625. The van der Waals surface area contributed by atoms with Crippen LogP contribution in [0.25, 0.3) is 0 Å². The highest BCUT2D eigenvalue weighted by Gasteiger charge is 2.70. The molecule has 2 rings (SSSR count). The Bertz CT molecular complexity index is 391. The maximum atomic E-state index is 13.2. The van der Waals surface area contributed by atoms with Gasteiger partial charge in [-0.25, -0.2) is 4.90 Å². The summed E-state index contributed by atoms with van der Waals surface area (Å²) in [7, 11) is 0. The highest BCUT2D eigenvalue weighted by molar-refractivity contribution is 5.82. The minimum Gasteiger partial charge on any atom is -0.274 e. The molecule has 1 amide bonds. The number of carbonyl (C=O) groups excluding carboxylic acids is 1. The lowest BCUT2D eigenvalue weighted by Crippen LogP contribution is -2.62. The molecule has 96 valence electrons. The van der Waals surface area contributed by atoms with Crippen molar-refractivity contribution < 1.29 is 31.2 Å². The molecule has 0 bridgehead atoms. The minimum absolute atomic E-state index is 0.252. The first-order valence-electron chi connectivity index (χ1n) is 4.61. The largest absolute Gasteiger partial charge is 0.437 e. The van der Waals surface area contributed by atoms with Gasteiger partial charge in [-0.3, -0.25) is 4.79 Å². The molecule has 1 saturated carbocycles. The Hall–Kier alpha value is -1.41. The van der Waals surface area contributed by atoms with Crippen molar-refractivity contribution in [3.05, 3.63) is 12.2 Å². The summed E-state index contributed by atoms with van der Waals surface area (Å²) in [6, 6.07) is -10.6. The molecule has 0 radical (unpaired) electrons. The number of amides is 1. The van der Waals surface area contributed by atoms with E-state index >= 15 is 0 Å². The molecule has 1 aliphatic heterocycles. The van der Waals surface area contributed by atoms with E-state index in [0.29, 0.717) is 0 Å². The van der Waals surface area contributed by atoms with E-state index in [9.17, 15) is 31.2 Å². The summed E-state index contributed by atoms with van der Waals surface area (Å²) in [6.07, 6.45) is 0.287. The molecule has 0 saturated heterocycles. The maximum Gasteiger partial charge on any atom is 0.437 e. The molecule has 3 nitrogen and oxygen atoms in total. The third-order valence-electron chi connectivity index (χ3n) is 2.50. The zero-order valence-electron chi connectivity index (χ0n) is 8.14. The van der Waals surface area contributed by atoms with Gasteiger partial charge in [-0.05, 0) is 12.8 Å². The fourth-order valence-corrected chi connectivity index (χ4v) is 1.36. The van der Waals surface area contributed by atoms with Crippen LogP contribution in [0.4, 0.5) is 26.4 Å². The van der Waals surface area contributed by atoms with Crippen LogP contribution >= 0.6 is 0 Å². The van der Waals surface area contributed by atoms with Crippen LogP contribution in [0.2, 0.25) is 0 Å². The molecule has 0 spiro atoms. The first kappa shape index (κ1) is 12.1. The van der Waals surface area contributed by atoms with Gasteiger partial charge in [0, 0.05) is 5.92 Å². The predicted molar refractivity (Wildman–Crippen MR) is 41.6 cm³/mol. The first-order chi connectivity index (χ1) is 7.69. The lowest BCUT2D eigenvalue weighted by Gasteiger charge is -2.39. The second kappa shape index (κ2) is 3.30. The van der Waals surface area contributed by atoms with E-state index in [4.69, 9.17) is 0 Å². The smallest absolute Gasteiger partial charge is 0.274 e. The highest BCUT2D eigenvalue weighted by atomic mass is 19.3. The van der Waals surface area contributed by atoms with Crippen molar-refractivity contribution in [3.8, 4) is 0 Å². The van der Waals surface area contributed by atoms with Gasteiger partial charge in [-0.15, -0.1) is 5.12 Å². The fourth-order valence-electron chi connectivity index (χ4n) is 1.36. The Morgan fingerprint density at radius 1 is 1.24 bits per heavy atom. The molecule has 0 aromatic rings. The monoisotopic (exact) mass is 260 g/mol. The highest BCUT2D eigenvalue weighted by Crippen LogP contribution is 2.47. The van der Waals surface area contributed by atoms with Crippen molar-refractivity contribution in [2.75, 3.05) is 0 Å². The van der Waals surface area contributed by atoms with Crippen LogP contribution in [0.1, 0.15) is 12.8 Å². The predicted octanol–water partition coefficient (Wildman–Crippen LogP) is 2.38. The summed E-state index contributed by atoms with van der Waals surface area (Å²) in [5.74, 6) is -4.40. The lowest BCUT2D eigenvalue weighted by atomic mass is 10.2. The van der Waals surface area contributed by atoms with Gasteiger partial charge in [0.05, 0.1) is 6.20 Å². The SMILES string of the molecule is O=C(C1CC1)N1C=C(F)N(F)C(F)(F)C1(F)F.